The molecular weight excluding hydrogens is 220 g/mol. The summed E-state index contributed by atoms with van der Waals surface area (Å²) in [6.45, 7) is 4.83. The molecule has 18 heavy (non-hydrogen) atoms. The van der Waals surface area contributed by atoms with E-state index in [4.69, 9.17) is 5.41 Å². The topological polar surface area (TPSA) is 35.9 Å². The molecule has 2 heteroatoms. The van der Waals surface area contributed by atoms with E-state index in [2.05, 4.69) is 48.6 Å². The van der Waals surface area contributed by atoms with Crippen molar-refractivity contribution in [3.8, 4) is 11.1 Å². The van der Waals surface area contributed by atoms with Crippen molar-refractivity contribution in [3.63, 3.8) is 0 Å². The summed E-state index contributed by atoms with van der Waals surface area (Å²) in [7, 11) is 0. The summed E-state index contributed by atoms with van der Waals surface area (Å²) in [5.41, 5.74) is 5.11. The standard InChI is InChI=1S/C16H18N2/c1-3-18-16-10-8-15(9-11-16)14-6-4-13(5-7-14)12(2)17/h4-11,17-18H,3H2,1-2H3. The summed E-state index contributed by atoms with van der Waals surface area (Å²) in [4.78, 5) is 0. The zero-order chi connectivity index (χ0) is 13.0. The lowest BCUT2D eigenvalue weighted by molar-refractivity contribution is 1.21. The Morgan fingerprint density at radius 2 is 1.44 bits per heavy atom. The van der Waals surface area contributed by atoms with Gasteiger partial charge < -0.3 is 10.7 Å². The number of anilines is 1. The molecule has 2 nitrogen and oxygen atoms in total. The quantitative estimate of drug-likeness (QED) is 0.770. The Kier molecular flexibility index (Phi) is 3.78. The molecule has 0 aliphatic rings. The second-order valence-corrected chi connectivity index (χ2v) is 4.31. The van der Waals surface area contributed by atoms with Gasteiger partial charge in [0.1, 0.15) is 0 Å². The molecule has 0 unspecified atom stereocenters. The average molecular weight is 238 g/mol. The highest BCUT2D eigenvalue weighted by Gasteiger charge is 1.99. The molecule has 2 aromatic rings. The summed E-state index contributed by atoms with van der Waals surface area (Å²) < 4.78 is 0. The molecular formula is C16H18N2. The van der Waals surface area contributed by atoms with Gasteiger partial charge in [-0.1, -0.05) is 36.4 Å². The minimum Gasteiger partial charge on any atom is -0.385 e. The number of benzene rings is 2. The van der Waals surface area contributed by atoms with Crippen molar-refractivity contribution in [1.29, 1.82) is 5.41 Å². The van der Waals surface area contributed by atoms with Crippen molar-refractivity contribution in [2.45, 2.75) is 13.8 Å². The van der Waals surface area contributed by atoms with E-state index in [1.165, 1.54) is 11.1 Å². The highest BCUT2D eigenvalue weighted by atomic mass is 14.8. The van der Waals surface area contributed by atoms with Crippen molar-refractivity contribution in [2.75, 3.05) is 11.9 Å². The Morgan fingerprint density at radius 1 is 0.944 bits per heavy atom. The van der Waals surface area contributed by atoms with Gasteiger partial charge in [0, 0.05) is 17.9 Å². The Labute approximate surface area is 108 Å². The van der Waals surface area contributed by atoms with Gasteiger partial charge in [-0.05, 0) is 42.7 Å². The van der Waals surface area contributed by atoms with Gasteiger partial charge in [-0.15, -0.1) is 0 Å². The molecule has 0 aromatic heterocycles. The predicted molar refractivity (Wildman–Crippen MR) is 78.5 cm³/mol. The highest BCUT2D eigenvalue weighted by Crippen LogP contribution is 2.21. The lowest BCUT2D eigenvalue weighted by atomic mass is 10.0. The maximum Gasteiger partial charge on any atom is 0.0355 e. The average Bonchev–Trinajstić information content (AvgIpc) is 2.40. The fourth-order valence-corrected chi connectivity index (χ4v) is 1.90. The van der Waals surface area contributed by atoms with Crippen molar-refractivity contribution in [1.82, 2.24) is 0 Å². The molecule has 0 amide bonds. The number of nitrogens with one attached hydrogen (secondary N) is 2. The molecule has 0 saturated carbocycles. The van der Waals surface area contributed by atoms with E-state index < -0.39 is 0 Å². The molecule has 0 bridgehead atoms. The largest absolute Gasteiger partial charge is 0.385 e. The second kappa shape index (κ2) is 5.50. The fraction of sp³-hybridized carbons (Fsp3) is 0.188. The van der Waals surface area contributed by atoms with Crippen molar-refractivity contribution in [2.24, 2.45) is 0 Å². The Bertz CT molecular complexity index is 524. The van der Waals surface area contributed by atoms with Gasteiger partial charge in [0.15, 0.2) is 0 Å². The molecule has 92 valence electrons. The third-order valence-corrected chi connectivity index (χ3v) is 2.92. The first kappa shape index (κ1) is 12.4. The van der Waals surface area contributed by atoms with Crippen LogP contribution in [0.3, 0.4) is 0 Å². The molecule has 0 aliphatic carbocycles. The molecule has 0 radical (unpaired) electrons. The van der Waals surface area contributed by atoms with Crippen molar-refractivity contribution < 1.29 is 0 Å². The van der Waals surface area contributed by atoms with E-state index in [9.17, 15) is 0 Å². The highest BCUT2D eigenvalue weighted by molar-refractivity contribution is 5.96. The van der Waals surface area contributed by atoms with E-state index in [1.54, 1.807) is 6.92 Å². The molecule has 0 aliphatic heterocycles. The first-order chi connectivity index (χ1) is 8.70. The van der Waals surface area contributed by atoms with Crippen molar-refractivity contribution in [3.05, 3.63) is 54.1 Å². The number of hydrogen-bond acceptors (Lipinski definition) is 2. The zero-order valence-electron chi connectivity index (χ0n) is 10.8. The molecule has 0 fully saturated rings. The summed E-state index contributed by atoms with van der Waals surface area (Å²) in [5.74, 6) is 0. The van der Waals surface area contributed by atoms with Crippen LogP contribution in [0.25, 0.3) is 11.1 Å². The van der Waals surface area contributed by atoms with Crippen LogP contribution in [0.15, 0.2) is 48.5 Å². The van der Waals surface area contributed by atoms with Crippen LogP contribution in [0, 0.1) is 5.41 Å². The zero-order valence-corrected chi connectivity index (χ0v) is 10.8. The normalized spacial score (nSPS) is 10.1. The van der Waals surface area contributed by atoms with E-state index in [0.29, 0.717) is 5.71 Å². The molecule has 0 saturated heterocycles. The van der Waals surface area contributed by atoms with Crippen molar-refractivity contribution >= 4 is 11.4 Å². The van der Waals surface area contributed by atoms with Gasteiger partial charge in [0.25, 0.3) is 0 Å². The van der Waals surface area contributed by atoms with Crippen LogP contribution in [0.5, 0.6) is 0 Å². The van der Waals surface area contributed by atoms with Crippen LogP contribution < -0.4 is 5.32 Å². The van der Waals surface area contributed by atoms with Crippen LogP contribution in [0.1, 0.15) is 19.4 Å². The maximum absolute atomic E-state index is 7.58. The maximum atomic E-state index is 7.58. The minimum atomic E-state index is 0.601. The van der Waals surface area contributed by atoms with E-state index in [0.717, 1.165) is 17.8 Å². The molecule has 2 rings (SSSR count). The van der Waals surface area contributed by atoms with Gasteiger partial charge >= 0.3 is 0 Å². The predicted octanol–water partition coefficient (Wildman–Crippen LogP) is 4.17. The minimum absolute atomic E-state index is 0.601. The summed E-state index contributed by atoms with van der Waals surface area (Å²) in [6, 6.07) is 16.5. The molecule has 2 aromatic carbocycles. The van der Waals surface area contributed by atoms with Crippen LogP contribution in [-0.2, 0) is 0 Å². The lowest BCUT2D eigenvalue weighted by Crippen LogP contribution is -1.95. The second-order valence-electron chi connectivity index (χ2n) is 4.31. The monoisotopic (exact) mass is 238 g/mol. The SMILES string of the molecule is CCNc1ccc(-c2ccc(C(C)=N)cc2)cc1. The molecule has 0 spiro atoms. The molecule has 0 atom stereocenters. The van der Waals surface area contributed by atoms with E-state index >= 15 is 0 Å². The van der Waals surface area contributed by atoms with Gasteiger partial charge in [-0.3, -0.25) is 0 Å². The van der Waals surface area contributed by atoms with E-state index in [-0.39, 0.29) is 0 Å². The summed E-state index contributed by atoms with van der Waals surface area (Å²) in [6.07, 6.45) is 0. The van der Waals surface area contributed by atoms with E-state index in [1.807, 2.05) is 12.1 Å². The van der Waals surface area contributed by atoms with Crippen LogP contribution in [0.2, 0.25) is 0 Å². The van der Waals surface area contributed by atoms with Gasteiger partial charge in [-0.2, -0.15) is 0 Å². The lowest BCUT2D eigenvalue weighted by Gasteiger charge is -2.06. The Morgan fingerprint density at radius 3 is 1.89 bits per heavy atom. The molecule has 2 N–H and O–H groups in total. The van der Waals surface area contributed by atoms with Gasteiger partial charge in [0.05, 0.1) is 0 Å². The third-order valence-electron chi connectivity index (χ3n) is 2.92. The number of hydrogen-bond donors (Lipinski definition) is 2. The Hall–Kier alpha value is -2.09. The van der Waals surface area contributed by atoms with Gasteiger partial charge in [-0.25, -0.2) is 0 Å². The Balaban J connectivity index is 2.23. The van der Waals surface area contributed by atoms with Crippen LogP contribution >= 0.6 is 0 Å². The fourth-order valence-electron chi connectivity index (χ4n) is 1.90. The summed E-state index contributed by atoms with van der Waals surface area (Å²) >= 11 is 0. The first-order valence-corrected chi connectivity index (χ1v) is 6.20. The van der Waals surface area contributed by atoms with Gasteiger partial charge in [0.2, 0.25) is 0 Å². The third kappa shape index (κ3) is 2.77. The smallest absolute Gasteiger partial charge is 0.0355 e. The van der Waals surface area contributed by atoms with Crippen LogP contribution in [0.4, 0.5) is 5.69 Å². The molecule has 0 heterocycles. The van der Waals surface area contributed by atoms with Crippen LogP contribution in [-0.4, -0.2) is 12.3 Å². The summed E-state index contributed by atoms with van der Waals surface area (Å²) in [5, 5.41) is 10.9. The number of rotatable bonds is 4. The first-order valence-electron chi connectivity index (χ1n) is 6.20.